The lowest BCUT2D eigenvalue weighted by molar-refractivity contribution is -0.190. The molecule has 0 aromatic carbocycles. The number of rotatable bonds is 0. The lowest BCUT2D eigenvalue weighted by atomic mass is 9.82. The minimum Gasteiger partial charge on any atom is -0.346 e. The van der Waals surface area contributed by atoms with Gasteiger partial charge in [-0.25, -0.2) is 0 Å². The van der Waals surface area contributed by atoms with E-state index in [9.17, 15) is 4.79 Å². The average Bonchev–Trinajstić information content (AvgIpc) is 2.98. The standard InChI is InChI=1S/C13H16O3/c1-7-6-10(14)12-9-3-2-8(11(7)12)13(9)15-4-5-16-13/h2-3,7-9,11-12H,4-6H2,1H3. The molecule has 16 heavy (non-hydrogen) atoms. The molecule has 1 saturated heterocycles. The lowest BCUT2D eigenvalue weighted by Gasteiger charge is -2.30. The first-order chi connectivity index (χ1) is 7.74. The summed E-state index contributed by atoms with van der Waals surface area (Å²) in [6, 6.07) is 0. The topological polar surface area (TPSA) is 35.5 Å². The normalized spacial score (nSPS) is 51.8. The minimum absolute atomic E-state index is 0.170. The molecular weight excluding hydrogens is 204 g/mol. The Morgan fingerprint density at radius 2 is 1.94 bits per heavy atom. The summed E-state index contributed by atoms with van der Waals surface area (Å²) in [5.74, 6) is 1.58. The Balaban J connectivity index is 1.81. The summed E-state index contributed by atoms with van der Waals surface area (Å²) in [6.45, 7) is 3.55. The van der Waals surface area contributed by atoms with Gasteiger partial charge in [-0.05, 0) is 11.8 Å². The van der Waals surface area contributed by atoms with E-state index in [-0.39, 0.29) is 11.8 Å². The predicted molar refractivity (Wildman–Crippen MR) is 56.5 cm³/mol. The highest BCUT2D eigenvalue weighted by molar-refractivity contribution is 5.85. The molecule has 0 aromatic rings. The summed E-state index contributed by atoms with van der Waals surface area (Å²) in [4.78, 5) is 12.1. The molecule has 1 heterocycles. The molecule has 5 atom stereocenters. The van der Waals surface area contributed by atoms with E-state index in [4.69, 9.17) is 9.47 Å². The van der Waals surface area contributed by atoms with E-state index < -0.39 is 5.79 Å². The number of hydrogen-bond donors (Lipinski definition) is 0. The highest BCUT2D eigenvalue weighted by atomic mass is 16.7. The van der Waals surface area contributed by atoms with Gasteiger partial charge in [-0.15, -0.1) is 0 Å². The number of ether oxygens (including phenoxy) is 2. The zero-order valence-electron chi connectivity index (χ0n) is 9.39. The van der Waals surface area contributed by atoms with Crippen molar-refractivity contribution in [2.24, 2.45) is 29.6 Å². The Labute approximate surface area is 94.8 Å². The van der Waals surface area contributed by atoms with Gasteiger partial charge >= 0.3 is 0 Å². The maximum absolute atomic E-state index is 12.1. The number of hydrogen-bond acceptors (Lipinski definition) is 3. The van der Waals surface area contributed by atoms with E-state index in [0.29, 0.717) is 36.8 Å². The van der Waals surface area contributed by atoms with Gasteiger partial charge in [0.05, 0.1) is 13.2 Å². The first kappa shape index (κ1) is 9.37. The summed E-state index contributed by atoms with van der Waals surface area (Å²) in [7, 11) is 0. The molecule has 1 spiro atoms. The molecule has 0 radical (unpaired) electrons. The summed E-state index contributed by atoms with van der Waals surface area (Å²) < 4.78 is 11.8. The first-order valence-electron chi connectivity index (χ1n) is 6.23. The van der Waals surface area contributed by atoms with Crippen LogP contribution in [0.4, 0.5) is 0 Å². The minimum atomic E-state index is -0.459. The molecule has 0 aromatic heterocycles. The summed E-state index contributed by atoms with van der Waals surface area (Å²) in [6.07, 6.45) is 5.14. The molecule has 4 aliphatic rings. The van der Waals surface area contributed by atoms with Crippen LogP contribution in [-0.2, 0) is 14.3 Å². The van der Waals surface area contributed by atoms with Crippen LogP contribution in [-0.4, -0.2) is 24.8 Å². The van der Waals surface area contributed by atoms with Gasteiger partial charge in [0.15, 0.2) is 5.79 Å². The third-order valence-corrected chi connectivity index (χ3v) is 4.96. The van der Waals surface area contributed by atoms with E-state index in [0.717, 1.165) is 6.42 Å². The highest BCUT2D eigenvalue weighted by Gasteiger charge is 2.69. The van der Waals surface area contributed by atoms with Gasteiger partial charge in [0.25, 0.3) is 0 Å². The van der Waals surface area contributed by atoms with Crippen molar-refractivity contribution >= 4 is 5.78 Å². The zero-order valence-corrected chi connectivity index (χ0v) is 9.39. The fourth-order valence-electron chi connectivity index (χ4n) is 4.50. The van der Waals surface area contributed by atoms with E-state index in [1.54, 1.807) is 0 Å². The van der Waals surface area contributed by atoms with Crippen LogP contribution in [0.1, 0.15) is 13.3 Å². The fourth-order valence-corrected chi connectivity index (χ4v) is 4.50. The maximum atomic E-state index is 12.1. The Kier molecular flexibility index (Phi) is 1.62. The average molecular weight is 220 g/mol. The van der Waals surface area contributed by atoms with Gasteiger partial charge in [0, 0.05) is 24.2 Å². The van der Waals surface area contributed by atoms with E-state index in [1.807, 2.05) is 0 Å². The van der Waals surface area contributed by atoms with Gasteiger partial charge in [-0.2, -0.15) is 0 Å². The molecule has 3 fully saturated rings. The van der Waals surface area contributed by atoms with Crippen LogP contribution in [0.15, 0.2) is 12.2 Å². The van der Waals surface area contributed by atoms with Gasteiger partial charge in [0.1, 0.15) is 5.78 Å². The molecule has 1 aliphatic heterocycles. The molecule has 2 saturated carbocycles. The number of fused-ring (bicyclic) bond motifs is 3. The van der Waals surface area contributed by atoms with Crippen LogP contribution in [0, 0.1) is 29.6 Å². The Morgan fingerprint density at radius 3 is 2.62 bits per heavy atom. The molecule has 86 valence electrons. The lowest BCUT2D eigenvalue weighted by Crippen LogP contribution is -2.39. The van der Waals surface area contributed by atoms with Crippen molar-refractivity contribution in [1.29, 1.82) is 0 Å². The highest BCUT2D eigenvalue weighted by Crippen LogP contribution is 2.63. The molecular formula is C13H16O3. The quantitative estimate of drug-likeness (QED) is 0.579. The van der Waals surface area contributed by atoms with Crippen LogP contribution >= 0.6 is 0 Å². The van der Waals surface area contributed by atoms with Crippen LogP contribution in [0.2, 0.25) is 0 Å². The molecule has 5 unspecified atom stereocenters. The number of carbonyl (C=O) groups excluding carboxylic acids is 1. The molecule has 0 amide bonds. The van der Waals surface area contributed by atoms with Crippen molar-refractivity contribution in [3.05, 3.63) is 12.2 Å². The molecule has 3 aliphatic carbocycles. The Bertz CT molecular complexity index is 381. The van der Waals surface area contributed by atoms with E-state index in [2.05, 4.69) is 19.1 Å². The second-order valence-electron chi connectivity index (χ2n) is 5.61. The SMILES string of the molecule is CC1CC(=O)C2C1C1C=CC2C12OCCO2. The smallest absolute Gasteiger partial charge is 0.181 e. The molecule has 2 bridgehead atoms. The van der Waals surface area contributed by atoms with Crippen molar-refractivity contribution in [2.45, 2.75) is 19.1 Å². The van der Waals surface area contributed by atoms with E-state index >= 15 is 0 Å². The Morgan fingerprint density at radius 1 is 1.25 bits per heavy atom. The summed E-state index contributed by atoms with van der Waals surface area (Å²) in [5, 5.41) is 0. The second-order valence-corrected chi connectivity index (χ2v) is 5.61. The largest absolute Gasteiger partial charge is 0.346 e. The van der Waals surface area contributed by atoms with Crippen LogP contribution in [0.3, 0.4) is 0 Å². The van der Waals surface area contributed by atoms with Gasteiger partial charge < -0.3 is 9.47 Å². The third kappa shape index (κ3) is 0.833. The first-order valence-corrected chi connectivity index (χ1v) is 6.23. The monoisotopic (exact) mass is 220 g/mol. The number of ketones is 1. The third-order valence-electron chi connectivity index (χ3n) is 4.96. The van der Waals surface area contributed by atoms with Crippen LogP contribution in [0.25, 0.3) is 0 Å². The van der Waals surface area contributed by atoms with Gasteiger partial charge in [-0.3, -0.25) is 4.79 Å². The van der Waals surface area contributed by atoms with Gasteiger partial charge in [-0.1, -0.05) is 19.1 Å². The fraction of sp³-hybridized carbons (Fsp3) is 0.769. The summed E-state index contributed by atoms with van der Waals surface area (Å²) >= 11 is 0. The van der Waals surface area contributed by atoms with Crippen molar-refractivity contribution in [2.75, 3.05) is 13.2 Å². The van der Waals surface area contributed by atoms with Crippen LogP contribution in [0.5, 0.6) is 0 Å². The van der Waals surface area contributed by atoms with Crippen molar-refractivity contribution < 1.29 is 14.3 Å². The van der Waals surface area contributed by atoms with E-state index in [1.165, 1.54) is 0 Å². The molecule has 0 N–H and O–H groups in total. The predicted octanol–water partition coefficient (Wildman–Crippen LogP) is 1.39. The molecule has 4 rings (SSSR count). The number of carbonyl (C=O) groups is 1. The van der Waals surface area contributed by atoms with Crippen molar-refractivity contribution in [1.82, 2.24) is 0 Å². The van der Waals surface area contributed by atoms with Gasteiger partial charge in [0.2, 0.25) is 0 Å². The number of Topliss-reactive ketones (excluding diaryl/α,β-unsaturated/α-hetero) is 1. The zero-order chi connectivity index (χ0) is 10.9. The van der Waals surface area contributed by atoms with Crippen LogP contribution < -0.4 is 0 Å². The summed E-state index contributed by atoms with van der Waals surface area (Å²) in [5.41, 5.74) is 0. The molecule has 3 nitrogen and oxygen atoms in total. The van der Waals surface area contributed by atoms with Crippen molar-refractivity contribution in [3.8, 4) is 0 Å². The second kappa shape index (κ2) is 2.77. The maximum Gasteiger partial charge on any atom is 0.181 e. The van der Waals surface area contributed by atoms with Crippen molar-refractivity contribution in [3.63, 3.8) is 0 Å². The Hall–Kier alpha value is -0.670. The molecule has 3 heteroatoms.